The first-order valence-corrected chi connectivity index (χ1v) is 12.3. The van der Waals surface area contributed by atoms with Gasteiger partial charge in [-0.15, -0.1) is 0 Å². The summed E-state index contributed by atoms with van der Waals surface area (Å²) in [5.74, 6) is 0.977. The van der Waals surface area contributed by atoms with Crippen LogP contribution in [0.4, 0.5) is 5.69 Å². The minimum Gasteiger partial charge on any atom is -0.316 e. The second-order valence-corrected chi connectivity index (χ2v) is 9.91. The number of nitrogens with one attached hydrogen (secondary N) is 1. The molecule has 31 heavy (non-hydrogen) atoms. The molecular formula is C26H36N4O. The number of nitrogens with zero attached hydrogens (tertiary/aromatic N) is 3. The highest BCUT2D eigenvalue weighted by molar-refractivity contribution is 5.94. The molecule has 1 amide bonds. The van der Waals surface area contributed by atoms with Crippen molar-refractivity contribution in [2.75, 3.05) is 18.0 Å². The van der Waals surface area contributed by atoms with Gasteiger partial charge in [-0.05, 0) is 106 Å². The zero-order valence-electron chi connectivity index (χ0n) is 19.1. The van der Waals surface area contributed by atoms with Crippen molar-refractivity contribution in [2.45, 2.75) is 83.7 Å². The van der Waals surface area contributed by atoms with E-state index in [-0.39, 0.29) is 11.9 Å². The largest absolute Gasteiger partial charge is 0.316 e. The first-order chi connectivity index (χ1) is 15.1. The second-order valence-electron chi connectivity index (χ2n) is 9.91. The van der Waals surface area contributed by atoms with E-state index >= 15 is 0 Å². The number of aromatic nitrogens is 2. The van der Waals surface area contributed by atoms with Crippen molar-refractivity contribution in [3.8, 4) is 11.1 Å². The van der Waals surface area contributed by atoms with Crippen LogP contribution in [0.3, 0.4) is 0 Å². The first-order valence-electron chi connectivity index (χ1n) is 12.3. The molecule has 0 spiro atoms. The number of fused-ring (bicyclic) bond motifs is 1. The van der Waals surface area contributed by atoms with E-state index < -0.39 is 0 Å². The van der Waals surface area contributed by atoms with Crippen molar-refractivity contribution in [1.29, 1.82) is 0 Å². The molecule has 1 N–H and O–H groups in total. The Balaban J connectivity index is 1.51. The number of benzene rings is 1. The fraction of sp³-hybridized carbons (Fsp3) is 0.615. The van der Waals surface area contributed by atoms with Crippen LogP contribution in [0.2, 0.25) is 0 Å². The zero-order valence-corrected chi connectivity index (χ0v) is 19.1. The van der Waals surface area contributed by atoms with Crippen molar-refractivity contribution in [2.24, 2.45) is 5.92 Å². The van der Waals surface area contributed by atoms with Gasteiger partial charge in [-0.3, -0.25) is 9.48 Å². The molecule has 1 aromatic carbocycles. The average Bonchev–Trinajstić information content (AvgIpc) is 3.30. The molecule has 2 fully saturated rings. The Labute approximate surface area is 186 Å². The van der Waals surface area contributed by atoms with Gasteiger partial charge in [0.25, 0.3) is 0 Å². The summed E-state index contributed by atoms with van der Waals surface area (Å²) in [5, 5.41) is 8.17. The van der Waals surface area contributed by atoms with Gasteiger partial charge in [-0.25, -0.2) is 0 Å². The molecule has 0 bridgehead atoms. The van der Waals surface area contributed by atoms with Gasteiger partial charge in [-0.1, -0.05) is 6.07 Å². The highest BCUT2D eigenvalue weighted by atomic mass is 16.2. The molecule has 3 aliphatic rings. The number of carbonyl (C=O) groups is 1. The lowest BCUT2D eigenvalue weighted by molar-refractivity contribution is -0.117. The van der Waals surface area contributed by atoms with Gasteiger partial charge < -0.3 is 10.2 Å². The van der Waals surface area contributed by atoms with Crippen LogP contribution in [-0.4, -0.2) is 34.8 Å². The second kappa shape index (κ2) is 8.78. The smallest absolute Gasteiger partial charge is 0.224 e. The number of amides is 1. The Bertz CT molecular complexity index is 939. The van der Waals surface area contributed by atoms with E-state index in [1.807, 2.05) is 11.1 Å². The number of hydrogen-bond donors (Lipinski definition) is 1. The van der Waals surface area contributed by atoms with Gasteiger partial charge in [0.1, 0.15) is 0 Å². The van der Waals surface area contributed by atoms with Gasteiger partial charge in [-0.2, -0.15) is 5.10 Å². The molecule has 2 atom stereocenters. The minimum absolute atomic E-state index is 0.160. The van der Waals surface area contributed by atoms with Gasteiger partial charge >= 0.3 is 0 Å². The fourth-order valence-electron chi connectivity index (χ4n) is 5.71. The third-order valence-corrected chi connectivity index (χ3v) is 7.53. The molecule has 1 saturated heterocycles. The van der Waals surface area contributed by atoms with Crippen LogP contribution in [-0.2, 0) is 17.6 Å². The van der Waals surface area contributed by atoms with E-state index in [0.29, 0.717) is 6.04 Å². The standard InChI is InChI=1S/C26H36N4O/c1-18-5-3-8-25-24(7-4-6-20-13-14-27-15-20)23(11-12-26(25)30(18)19(2)31)21-16-28-29(17-21)22-9-10-22/h11-12,16-18,20,22,27H,3-10,13-15H2,1-2H3/t18-,20-/m0/s1. The van der Waals surface area contributed by atoms with Crippen LogP contribution < -0.4 is 10.2 Å². The van der Waals surface area contributed by atoms with Crippen LogP contribution in [0.15, 0.2) is 24.5 Å². The molecule has 0 unspecified atom stereocenters. The van der Waals surface area contributed by atoms with Crippen molar-refractivity contribution in [1.82, 2.24) is 15.1 Å². The van der Waals surface area contributed by atoms with Crippen molar-refractivity contribution < 1.29 is 4.79 Å². The molecule has 5 heteroatoms. The van der Waals surface area contributed by atoms with Gasteiger partial charge in [0.15, 0.2) is 0 Å². The summed E-state index contributed by atoms with van der Waals surface area (Å²) in [5.41, 5.74) is 6.57. The summed E-state index contributed by atoms with van der Waals surface area (Å²) in [4.78, 5) is 14.6. The van der Waals surface area contributed by atoms with Crippen molar-refractivity contribution >= 4 is 11.6 Å². The summed E-state index contributed by atoms with van der Waals surface area (Å²) < 4.78 is 2.15. The van der Waals surface area contributed by atoms with E-state index in [2.05, 4.69) is 40.4 Å². The Hall–Kier alpha value is -2.14. The number of rotatable bonds is 6. The number of hydrogen-bond acceptors (Lipinski definition) is 3. The quantitative estimate of drug-likeness (QED) is 0.723. The van der Waals surface area contributed by atoms with Gasteiger partial charge in [0, 0.05) is 30.4 Å². The van der Waals surface area contributed by atoms with Crippen LogP contribution >= 0.6 is 0 Å². The molecule has 2 aliphatic heterocycles. The maximum Gasteiger partial charge on any atom is 0.224 e. The fourth-order valence-corrected chi connectivity index (χ4v) is 5.71. The molecule has 1 aromatic heterocycles. The third kappa shape index (κ3) is 4.30. The molecule has 1 aliphatic carbocycles. The van der Waals surface area contributed by atoms with Crippen LogP contribution in [0.5, 0.6) is 0 Å². The maximum atomic E-state index is 12.6. The summed E-state index contributed by atoms with van der Waals surface area (Å²) in [6.07, 6.45) is 14.9. The predicted molar refractivity (Wildman–Crippen MR) is 125 cm³/mol. The van der Waals surface area contributed by atoms with Crippen LogP contribution in [0.1, 0.15) is 76.0 Å². The summed E-state index contributed by atoms with van der Waals surface area (Å²) >= 11 is 0. The van der Waals surface area contributed by atoms with E-state index in [9.17, 15) is 4.79 Å². The monoisotopic (exact) mass is 420 g/mol. The topological polar surface area (TPSA) is 50.2 Å². The Morgan fingerprint density at radius 3 is 2.84 bits per heavy atom. The van der Waals surface area contributed by atoms with Crippen LogP contribution in [0.25, 0.3) is 11.1 Å². The maximum absolute atomic E-state index is 12.6. The Morgan fingerprint density at radius 2 is 2.10 bits per heavy atom. The predicted octanol–water partition coefficient (Wildman–Crippen LogP) is 4.89. The van der Waals surface area contributed by atoms with Crippen LogP contribution in [0, 0.1) is 5.92 Å². The lowest BCUT2D eigenvalue weighted by Crippen LogP contribution is -2.36. The van der Waals surface area contributed by atoms with Gasteiger partial charge in [0.05, 0.1) is 12.2 Å². The summed E-state index contributed by atoms with van der Waals surface area (Å²) in [7, 11) is 0. The molecule has 1 saturated carbocycles. The lowest BCUT2D eigenvalue weighted by Gasteiger charge is -2.29. The van der Waals surface area contributed by atoms with E-state index in [1.165, 1.54) is 67.4 Å². The van der Waals surface area contributed by atoms with E-state index in [4.69, 9.17) is 0 Å². The molecule has 3 heterocycles. The number of anilines is 1. The zero-order chi connectivity index (χ0) is 21.4. The minimum atomic E-state index is 0.160. The van der Waals surface area contributed by atoms with Gasteiger partial charge in [0.2, 0.25) is 5.91 Å². The highest BCUT2D eigenvalue weighted by Crippen LogP contribution is 2.40. The highest BCUT2D eigenvalue weighted by Gasteiger charge is 2.28. The molecule has 5 rings (SSSR count). The molecule has 0 radical (unpaired) electrons. The SMILES string of the molecule is CC(=O)N1c2ccc(-c3cnn(C4CC4)c3)c(CCC[C@H]3CCNC3)c2CCC[C@@H]1C. The average molecular weight is 421 g/mol. The van der Waals surface area contributed by atoms with Crippen molar-refractivity contribution in [3.63, 3.8) is 0 Å². The van der Waals surface area contributed by atoms with E-state index in [0.717, 1.165) is 37.3 Å². The Kier molecular flexibility index (Phi) is 5.87. The number of carbonyl (C=O) groups excluding carboxylic acids is 1. The van der Waals surface area contributed by atoms with E-state index in [1.54, 1.807) is 6.92 Å². The third-order valence-electron chi connectivity index (χ3n) is 7.53. The normalized spacial score (nSPS) is 23.6. The molecule has 2 aromatic rings. The molecule has 5 nitrogen and oxygen atoms in total. The molecule has 166 valence electrons. The Morgan fingerprint density at radius 1 is 1.23 bits per heavy atom. The lowest BCUT2D eigenvalue weighted by atomic mass is 9.88. The first kappa shape index (κ1) is 20.7. The summed E-state index contributed by atoms with van der Waals surface area (Å²) in [6, 6.07) is 5.32. The molecular weight excluding hydrogens is 384 g/mol. The summed E-state index contributed by atoms with van der Waals surface area (Å²) in [6.45, 7) is 6.24. The van der Waals surface area contributed by atoms with Crippen molar-refractivity contribution in [3.05, 3.63) is 35.7 Å².